The van der Waals surface area contributed by atoms with Crippen molar-refractivity contribution >= 4 is 22.1 Å². The van der Waals surface area contributed by atoms with Gasteiger partial charge in [0, 0.05) is 11.1 Å². The highest BCUT2D eigenvalue weighted by Gasteiger charge is 2.18. The van der Waals surface area contributed by atoms with Crippen molar-refractivity contribution in [3.8, 4) is 46.6 Å². The first-order chi connectivity index (χ1) is 18.9. The van der Waals surface area contributed by atoms with Gasteiger partial charge in [-0.1, -0.05) is 23.7 Å². The first-order valence-electron chi connectivity index (χ1n) is 12.5. The molecule has 0 aliphatic rings. The van der Waals surface area contributed by atoms with E-state index in [4.69, 9.17) is 19.7 Å². The summed E-state index contributed by atoms with van der Waals surface area (Å²) < 4.78 is 11.1. The molecule has 210 valence electrons. The molecule has 0 aliphatic heterocycles. The third-order valence-electron chi connectivity index (χ3n) is 5.72. The summed E-state index contributed by atoms with van der Waals surface area (Å²) in [5.41, 5.74) is 2.61. The first-order valence-corrected chi connectivity index (χ1v) is 12.5. The predicted molar refractivity (Wildman–Crippen MR) is 154 cm³/mol. The van der Waals surface area contributed by atoms with Crippen molar-refractivity contribution in [2.75, 3.05) is 14.2 Å². The lowest BCUT2D eigenvalue weighted by molar-refractivity contribution is 0.143. The fourth-order valence-corrected chi connectivity index (χ4v) is 3.87. The highest BCUT2D eigenvalue weighted by molar-refractivity contribution is 5.99. The summed E-state index contributed by atoms with van der Waals surface area (Å²) in [6.07, 6.45) is 0. The van der Waals surface area contributed by atoms with E-state index in [1.165, 1.54) is 9.59 Å². The van der Waals surface area contributed by atoms with Crippen molar-refractivity contribution in [1.29, 1.82) is 0 Å². The topological polar surface area (TPSA) is 152 Å². The molecule has 0 unspecified atom stereocenters. The molecule has 5 rings (SSSR count). The van der Waals surface area contributed by atoms with E-state index in [2.05, 4.69) is 33.9 Å². The maximum Gasteiger partial charge on any atom is 0.146 e. The molecular weight excluding hydrogens is 524 g/mol. The molecule has 5 aromatic rings. The number of benzene rings is 3. The maximum atomic E-state index is 9.99. The van der Waals surface area contributed by atoms with Crippen molar-refractivity contribution in [3.05, 3.63) is 59.7 Å². The summed E-state index contributed by atoms with van der Waals surface area (Å²) in [6, 6.07) is 14.4. The fourth-order valence-electron chi connectivity index (χ4n) is 3.87. The quantitative estimate of drug-likeness (QED) is 0.322. The van der Waals surface area contributed by atoms with Crippen molar-refractivity contribution in [2.45, 2.75) is 38.9 Å². The van der Waals surface area contributed by atoms with Crippen LogP contribution in [0, 0.1) is 23.7 Å². The van der Waals surface area contributed by atoms with Gasteiger partial charge in [0.1, 0.15) is 56.1 Å². The van der Waals surface area contributed by atoms with Crippen LogP contribution in [0.1, 0.15) is 38.8 Å². The van der Waals surface area contributed by atoms with E-state index >= 15 is 0 Å². The van der Waals surface area contributed by atoms with Crippen LogP contribution in [0.15, 0.2) is 48.5 Å². The van der Waals surface area contributed by atoms with Crippen LogP contribution >= 0.6 is 0 Å². The normalized spacial score (nSPS) is 11.3. The van der Waals surface area contributed by atoms with Gasteiger partial charge in [0.25, 0.3) is 0 Å². The van der Waals surface area contributed by atoms with Gasteiger partial charge >= 0.3 is 0 Å². The van der Waals surface area contributed by atoms with E-state index in [0.717, 1.165) is 0 Å². The molecular formula is C30H30N6O5. The number of hydrogen-bond acceptors (Lipinski definition) is 8. The van der Waals surface area contributed by atoms with Crippen molar-refractivity contribution in [1.82, 2.24) is 30.0 Å². The van der Waals surface area contributed by atoms with Crippen molar-refractivity contribution < 1.29 is 25.2 Å². The summed E-state index contributed by atoms with van der Waals surface area (Å²) in [4.78, 5) is 2.95. The zero-order chi connectivity index (χ0) is 28.7. The second-order valence-electron chi connectivity index (χ2n) is 10.2. The van der Waals surface area contributed by atoms with Crippen LogP contribution in [0.25, 0.3) is 33.4 Å². The van der Waals surface area contributed by atoms with E-state index in [1.54, 1.807) is 66.2 Å². The molecule has 2 aromatic heterocycles. The summed E-state index contributed by atoms with van der Waals surface area (Å²) >= 11 is 0. The van der Waals surface area contributed by atoms with Gasteiger partial charge < -0.3 is 25.2 Å². The summed E-state index contributed by atoms with van der Waals surface area (Å²) in [5.74, 6) is 12.7. The Hall–Kier alpha value is -4.94. The van der Waals surface area contributed by atoms with E-state index in [1.807, 2.05) is 24.3 Å². The van der Waals surface area contributed by atoms with Gasteiger partial charge in [-0.15, -0.1) is 30.0 Å². The number of rotatable bonds is 4. The molecule has 2 heterocycles. The van der Waals surface area contributed by atoms with Gasteiger partial charge in [-0.2, -0.15) is 0 Å². The van der Waals surface area contributed by atoms with Crippen LogP contribution < -0.4 is 9.47 Å². The molecule has 3 aromatic carbocycles. The van der Waals surface area contributed by atoms with E-state index in [-0.39, 0.29) is 5.48 Å². The summed E-state index contributed by atoms with van der Waals surface area (Å²) in [6.45, 7) is 6.50. The predicted octanol–water partition coefficient (Wildman–Crippen LogP) is 2.59. The molecule has 0 atom stereocenters. The van der Waals surface area contributed by atoms with E-state index in [0.29, 0.717) is 56.1 Å². The van der Waals surface area contributed by atoms with E-state index < -0.39 is 11.2 Å². The molecule has 41 heavy (non-hydrogen) atoms. The van der Waals surface area contributed by atoms with Crippen LogP contribution in [0.2, 0.25) is 0 Å². The highest BCUT2D eigenvalue weighted by Crippen LogP contribution is 2.28. The van der Waals surface area contributed by atoms with E-state index in [9.17, 15) is 10.2 Å². The second-order valence-corrected chi connectivity index (χ2v) is 10.2. The standard InChI is InChI=1S/C30H28N6O4.H2O/c1-29(2,37)15-13-19-7-11-25(39-5)23(17-19)35-31-21-9-10-22-28(27(21)33-35)34-36(32-22)24-18-20(8-12-26(24)40-6)14-16-30(3,4)38;/h7-12,17-18,37-38H,1-6H3;1H2. The van der Waals surface area contributed by atoms with Gasteiger partial charge in [-0.05, 0) is 76.2 Å². The monoisotopic (exact) mass is 554 g/mol. The molecule has 0 amide bonds. The largest absolute Gasteiger partial charge is 0.494 e. The molecule has 0 saturated carbocycles. The minimum absolute atomic E-state index is 0. The van der Waals surface area contributed by atoms with Crippen LogP contribution in [-0.4, -0.2) is 71.1 Å². The number of aromatic nitrogens is 6. The number of hydrogen-bond donors (Lipinski definition) is 2. The molecule has 0 radical (unpaired) electrons. The number of methoxy groups -OCH3 is 2. The Morgan fingerprint density at radius 2 is 1.02 bits per heavy atom. The number of aliphatic hydroxyl groups is 2. The Balaban J connectivity index is 0.00000387. The molecule has 0 bridgehead atoms. The lowest BCUT2D eigenvalue weighted by Crippen LogP contribution is -2.14. The number of nitrogens with zero attached hydrogens (tertiary/aromatic N) is 6. The molecule has 11 heteroatoms. The first kappa shape index (κ1) is 29.1. The molecule has 0 spiro atoms. The van der Waals surface area contributed by atoms with Gasteiger partial charge in [0.05, 0.1) is 14.2 Å². The van der Waals surface area contributed by atoms with Gasteiger partial charge in [0.15, 0.2) is 0 Å². The minimum atomic E-state index is -1.12. The smallest absolute Gasteiger partial charge is 0.146 e. The zero-order valence-corrected chi connectivity index (χ0v) is 23.5. The van der Waals surface area contributed by atoms with Crippen molar-refractivity contribution in [3.63, 3.8) is 0 Å². The van der Waals surface area contributed by atoms with Gasteiger partial charge in [-0.3, -0.25) is 0 Å². The van der Waals surface area contributed by atoms with Gasteiger partial charge in [-0.25, -0.2) is 0 Å². The fraction of sp³-hybridized carbons (Fsp3) is 0.267. The molecule has 11 nitrogen and oxygen atoms in total. The number of ether oxygens (including phenoxy) is 2. The zero-order valence-electron chi connectivity index (χ0n) is 23.5. The lowest BCUT2D eigenvalue weighted by Gasteiger charge is -2.09. The number of fused-ring (bicyclic) bond motifs is 3. The van der Waals surface area contributed by atoms with Crippen LogP contribution in [0.5, 0.6) is 11.5 Å². The Kier molecular flexibility index (Phi) is 7.73. The van der Waals surface area contributed by atoms with Crippen LogP contribution in [0.4, 0.5) is 0 Å². The molecule has 0 fully saturated rings. The molecule has 0 saturated heterocycles. The summed E-state index contributed by atoms with van der Waals surface area (Å²) in [5, 5.41) is 38.7. The Morgan fingerprint density at radius 1 is 0.634 bits per heavy atom. The lowest BCUT2D eigenvalue weighted by atomic mass is 10.1. The molecule has 0 aliphatic carbocycles. The Labute approximate surface area is 236 Å². The third-order valence-corrected chi connectivity index (χ3v) is 5.72. The SMILES string of the molecule is COc1ccc(C#CC(C)(C)O)cc1-n1nc2ccc3nn(-c4cc(C#CC(C)(C)O)ccc4OC)nc3c2n1.O. The second kappa shape index (κ2) is 10.9. The average Bonchev–Trinajstić information content (AvgIpc) is 3.54. The van der Waals surface area contributed by atoms with Crippen molar-refractivity contribution in [2.24, 2.45) is 0 Å². The molecule has 4 N–H and O–H groups in total. The minimum Gasteiger partial charge on any atom is -0.494 e. The van der Waals surface area contributed by atoms with Crippen LogP contribution in [-0.2, 0) is 0 Å². The summed E-state index contributed by atoms with van der Waals surface area (Å²) in [7, 11) is 3.14. The van der Waals surface area contributed by atoms with Gasteiger partial charge in [0.2, 0.25) is 0 Å². The van der Waals surface area contributed by atoms with Crippen LogP contribution in [0.3, 0.4) is 0 Å². The highest BCUT2D eigenvalue weighted by atomic mass is 16.5. The third kappa shape index (κ3) is 6.29. The Bertz CT molecular complexity index is 1730. The average molecular weight is 555 g/mol. The maximum absolute atomic E-state index is 9.99. The Morgan fingerprint density at radius 3 is 1.37 bits per heavy atom.